The van der Waals surface area contributed by atoms with E-state index in [1.165, 1.54) is 0 Å². The Hall–Kier alpha value is -3.34. The van der Waals surface area contributed by atoms with Crippen molar-refractivity contribution in [2.45, 2.75) is 13.5 Å². The zero-order valence-electron chi connectivity index (χ0n) is 13.9. The molecule has 25 heavy (non-hydrogen) atoms. The standard InChI is InChI=1S/C20H18N4O/c1-14-7-8-16(21)9-19(14)15-10-22-20-23-17(12-24(20)11-15)13-25-18-5-3-2-4-6-18/h2-12H,13,21H2,1H3. The van der Waals surface area contributed by atoms with E-state index < -0.39 is 0 Å². The second-order valence-electron chi connectivity index (χ2n) is 5.96. The average molecular weight is 330 g/mol. The Balaban J connectivity index is 1.62. The van der Waals surface area contributed by atoms with Crippen LogP contribution in [-0.2, 0) is 6.61 Å². The second-order valence-corrected chi connectivity index (χ2v) is 5.96. The highest BCUT2D eigenvalue weighted by Gasteiger charge is 2.08. The van der Waals surface area contributed by atoms with Crippen molar-refractivity contribution in [2.24, 2.45) is 0 Å². The van der Waals surface area contributed by atoms with Gasteiger partial charge in [0.2, 0.25) is 5.78 Å². The number of nitrogens with zero attached hydrogens (tertiary/aromatic N) is 3. The first-order valence-electron chi connectivity index (χ1n) is 8.07. The molecule has 2 aromatic heterocycles. The van der Waals surface area contributed by atoms with Crippen LogP contribution in [0.4, 0.5) is 5.69 Å². The Morgan fingerprint density at radius 3 is 2.76 bits per heavy atom. The Morgan fingerprint density at radius 1 is 1.08 bits per heavy atom. The third-order valence-corrected chi connectivity index (χ3v) is 4.06. The van der Waals surface area contributed by atoms with Gasteiger partial charge in [-0.3, -0.25) is 4.40 Å². The number of aromatic nitrogens is 3. The van der Waals surface area contributed by atoms with Crippen LogP contribution in [-0.4, -0.2) is 14.4 Å². The van der Waals surface area contributed by atoms with Crippen LogP contribution in [0.15, 0.2) is 67.1 Å². The normalized spacial score (nSPS) is 10.9. The quantitative estimate of drug-likeness (QED) is 0.577. The van der Waals surface area contributed by atoms with E-state index in [0.29, 0.717) is 12.4 Å². The summed E-state index contributed by atoms with van der Waals surface area (Å²) in [6.07, 6.45) is 5.78. The molecule has 4 rings (SSSR count). The van der Waals surface area contributed by atoms with Crippen LogP contribution in [0.25, 0.3) is 16.9 Å². The van der Waals surface area contributed by atoms with Crippen LogP contribution in [0.2, 0.25) is 0 Å². The molecule has 2 aromatic carbocycles. The second kappa shape index (κ2) is 6.28. The van der Waals surface area contributed by atoms with E-state index in [0.717, 1.165) is 33.8 Å². The fourth-order valence-electron chi connectivity index (χ4n) is 2.77. The molecule has 2 N–H and O–H groups in total. The molecule has 0 atom stereocenters. The van der Waals surface area contributed by atoms with E-state index in [4.69, 9.17) is 10.5 Å². The number of benzene rings is 2. The topological polar surface area (TPSA) is 65.4 Å². The summed E-state index contributed by atoms with van der Waals surface area (Å²) in [5.41, 5.74) is 10.7. The molecule has 0 aliphatic heterocycles. The zero-order chi connectivity index (χ0) is 17.2. The molecular weight excluding hydrogens is 312 g/mol. The molecule has 0 unspecified atom stereocenters. The monoisotopic (exact) mass is 330 g/mol. The number of para-hydroxylation sites is 1. The molecule has 124 valence electrons. The molecular formula is C20H18N4O. The van der Waals surface area contributed by atoms with E-state index in [2.05, 4.69) is 16.9 Å². The van der Waals surface area contributed by atoms with E-state index in [-0.39, 0.29) is 0 Å². The number of nitrogen functional groups attached to an aromatic ring is 1. The molecule has 0 saturated heterocycles. The largest absolute Gasteiger partial charge is 0.487 e. The summed E-state index contributed by atoms with van der Waals surface area (Å²) in [5.74, 6) is 1.47. The highest BCUT2D eigenvalue weighted by atomic mass is 16.5. The van der Waals surface area contributed by atoms with Crippen molar-refractivity contribution in [1.82, 2.24) is 14.4 Å². The summed E-state index contributed by atoms with van der Waals surface area (Å²) in [7, 11) is 0. The fourth-order valence-corrected chi connectivity index (χ4v) is 2.77. The molecule has 0 aliphatic carbocycles. The Bertz CT molecular complexity index is 1020. The number of hydrogen-bond donors (Lipinski definition) is 1. The van der Waals surface area contributed by atoms with Gasteiger partial charge in [-0.2, -0.15) is 0 Å². The molecule has 2 heterocycles. The fraction of sp³-hybridized carbons (Fsp3) is 0.100. The highest BCUT2D eigenvalue weighted by Crippen LogP contribution is 2.25. The van der Waals surface area contributed by atoms with Gasteiger partial charge in [0.25, 0.3) is 0 Å². The molecule has 0 radical (unpaired) electrons. The van der Waals surface area contributed by atoms with Crippen LogP contribution < -0.4 is 10.5 Å². The maximum absolute atomic E-state index is 5.92. The van der Waals surface area contributed by atoms with Gasteiger partial charge in [0.05, 0.1) is 5.69 Å². The minimum absolute atomic E-state index is 0.403. The van der Waals surface area contributed by atoms with Crippen molar-refractivity contribution < 1.29 is 4.74 Å². The number of hydrogen-bond acceptors (Lipinski definition) is 4. The van der Waals surface area contributed by atoms with Crippen LogP contribution in [0, 0.1) is 6.92 Å². The first kappa shape index (κ1) is 15.2. The number of anilines is 1. The zero-order valence-corrected chi connectivity index (χ0v) is 13.9. The van der Waals surface area contributed by atoms with E-state index >= 15 is 0 Å². The number of imidazole rings is 1. The molecule has 0 amide bonds. The molecule has 0 bridgehead atoms. The predicted octanol–water partition coefficient (Wildman–Crippen LogP) is 3.87. The van der Waals surface area contributed by atoms with E-state index in [1.807, 2.05) is 71.5 Å². The SMILES string of the molecule is Cc1ccc(N)cc1-c1cnc2nc(COc3ccccc3)cn2c1. The van der Waals surface area contributed by atoms with Gasteiger partial charge in [0, 0.05) is 29.8 Å². The van der Waals surface area contributed by atoms with Gasteiger partial charge in [-0.1, -0.05) is 24.3 Å². The van der Waals surface area contributed by atoms with E-state index in [1.54, 1.807) is 0 Å². The summed E-state index contributed by atoms with van der Waals surface area (Å²) < 4.78 is 7.67. The lowest BCUT2D eigenvalue weighted by atomic mass is 10.0. The number of aryl methyl sites for hydroxylation is 1. The predicted molar refractivity (Wildman–Crippen MR) is 98.3 cm³/mol. The summed E-state index contributed by atoms with van der Waals surface area (Å²) in [6, 6.07) is 15.6. The van der Waals surface area contributed by atoms with Crippen LogP contribution in [0.1, 0.15) is 11.3 Å². The number of nitrogens with two attached hydrogens (primary N) is 1. The maximum Gasteiger partial charge on any atom is 0.234 e. The molecule has 0 aliphatic rings. The van der Waals surface area contributed by atoms with Gasteiger partial charge in [0.15, 0.2) is 0 Å². The van der Waals surface area contributed by atoms with Gasteiger partial charge >= 0.3 is 0 Å². The summed E-state index contributed by atoms with van der Waals surface area (Å²) in [6.45, 7) is 2.46. The first-order chi connectivity index (χ1) is 12.2. The average Bonchev–Trinajstić information content (AvgIpc) is 3.05. The van der Waals surface area contributed by atoms with Crippen LogP contribution >= 0.6 is 0 Å². The molecule has 4 aromatic rings. The van der Waals surface area contributed by atoms with Gasteiger partial charge < -0.3 is 10.5 Å². The van der Waals surface area contributed by atoms with Crippen molar-refractivity contribution in [3.63, 3.8) is 0 Å². The number of rotatable bonds is 4. The third-order valence-electron chi connectivity index (χ3n) is 4.06. The highest BCUT2D eigenvalue weighted by molar-refractivity contribution is 5.70. The lowest BCUT2D eigenvalue weighted by Gasteiger charge is -2.07. The Labute approximate surface area is 145 Å². The van der Waals surface area contributed by atoms with Crippen LogP contribution in [0.5, 0.6) is 5.75 Å². The van der Waals surface area contributed by atoms with Crippen molar-refractivity contribution >= 4 is 11.5 Å². The Kier molecular flexibility index (Phi) is 3.82. The first-order valence-corrected chi connectivity index (χ1v) is 8.07. The summed E-state index contributed by atoms with van der Waals surface area (Å²) in [4.78, 5) is 8.96. The van der Waals surface area contributed by atoms with Crippen molar-refractivity contribution in [2.75, 3.05) is 5.73 Å². The molecule has 5 heteroatoms. The minimum atomic E-state index is 0.403. The molecule has 0 spiro atoms. The summed E-state index contributed by atoms with van der Waals surface area (Å²) >= 11 is 0. The van der Waals surface area contributed by atoms with E-state index in [9.17, 15) is 0 Å². The smallest absolute Gasteiger partial charge is 0.234 e. The number of ether oxygens (including phenoxy) is 1. The van der Waals surface area contributed by atoms with Gasteiger partial charge in [-0.25, -0.2) is 9.97 Å². The molecule has 0 saturated carbocycles. The maximum atomic E-state index is 5.92. The van der Waals surface area contributed by atoms with Crippen molar-refractivity contribution in [3.8, 4) is 16.9 Å². The number of fused-ring (bicyclic) bond motifs is 1. The van der Waals surface area contributed by atoms with Crippen LogP contribution in [0.3, 0.4) is 0 Å². The lowest BCUT2D eigenvalue weighted by molar-refractivity contribution is 0.302. The Morgan fingerprint density at radius 2 is 1.92 bits per heavy atom. The van der Waals surface area contributed by atoms with Gasteiger partial charge in [-0.05, 0) is 42.3 Å². The van der Waals surface area contributed by atoms with Crippen molar-refractivity contribution in [1.29, 1.82) is 0 Å². The molecule has 0 fully saturated rings. The minimum Gasteiger partial charge on any atom is -0.487 e. The van der Waals surface area contributed by atoms with Gasteiger partial charge in [-0.15, -0.1) is 0 Å². The molecule has 5 nitrogen and oxygen atoms in total. The van der Waals surface area contributed by atoms with Gasteiger partial charge in [0.1, 0.15) is 12.4 Å². The lowest BCUT2D eigenvalue weighted by Crippen LogP contribution is -1.94. The summed E-state index contributed by atoms with van der Waals surface area (Å²) in [5, 5.41) is 0. The third kappa shape index (κ3) is 3.17. The van der Waals surface area contributed by atoms with Crippen molar-refractivity contribution in [3.05, 3.63) is 78.4 Å².